The predicted molar refractivity (Wildman–Crippen MR) is 133 cm³/mol. The van der Waals surface area contributed by atoms with Crippen molar-refractivity contribution in [3.8, 4) is 5.75 Å². The van der Waals surface area contributed by atoms with Crippen LogP contribution in [0, 0.1) is 0 Å². The lowest BCUT2D eigenvalue weighted by atomic mass is 9.98. The van der Waals surface area contributed by atoms with Crippen molar-refractivity contribution >= 4 is 34.3 Å². The van der Waals surface area contributed by atoms with Crippen molar-refractivity contribution in [3.63, 3.8) is 0 Å². The van der Waals surface area contributed by atoms with E-state index in [1.807, 2.05) is 37.4 Å². The van der Waals surface area contributed by atoms with Gasteiger partial charge in [0, 0.05) is 47.1 Å². The predicted octanol–water partition coefficient (Wildman–Crippen LogP) is 6.62. The van der Waals surface area contributed by atoms with Gasteiger partial charge in [0.2, 0.25) is 0 Å². The average Bonchev–Trinajstić information content (AvgIpc) is 3.07. The summed E-state index contributed by atoms with van der Waals surface area (Å²) in [4.78, 5) is 23.9. The van der Waals surface area contributed by atoms with E-state index in [2.05, 4.69) is 16.7 Å². The Bertz CT molecular complexity index is 1100. The molecule has 0 unspecified atom stereocenters. The number of carboxylic acid groups (broad SMARTS) is 1. The molecule has 6 heteroatoms. The summed E-state index contributed by atoms with van der Waals surface area (Å²) in [5, 5.41) is 10.4. The van der Waals surface area contributed by atoms with Crippen LogP contribution < -0.4 is 4.74 Å². The topological polar surface area (TPSA) is 68.5 Å². The van der Waals surface area contributed by atoms with E-state index in [1.165, 1.54) is 5.56 Å². The number of aryl methyl sites for hydroxylation is 2. The van der Waals surface area contributed by atoms with Crippen molar-refractivity contribution < 1.29 is 19.4 Å². The number of carboxylic acids is 1. The number of carbonyl (C=O) groups is 2. The number of carbonyl (C=O) groups excluding carboxylic acids is 1. The smallest absolute Gasteiger partial charge is 0.303 e. The van der Waals surface area contributed by atoms with Crippen molar-refractivity contribution in [2.45, 2.75) is 57.8 Å². The quantitative estimate of drug-likeness (QED) is 0.225. The lowest BCUT2D eigenvalue weighted by molar-refractivity contribution is -0.137. The van der Waals surface area contributed by atoms with E-state index >= 15 is 0 Å². The molecule has 0 saturated heterocycles. The van der Waals surface area contributed by atoms with Crippen LogP contribution in [0.15, 0.2) is 42.5 Å². The van der Waals surface area contributed by atoms with Crippen LogP contribution in [0.2, 0.25) is 5.02 Å². The number of rotatable bonds is 13. The number of halogens is 1. The van der Waals surface area contributed by atoms with Gasteiger partial charge < -0.3 is 14.4 Å². The summed E-state index contributed by atoms with van der Waals surface area (Å²) in [5.74, 6) is 0.000513. The van der Waals surface area contributed by atoms with Crippen LogP contribution in [0.3, 0.4) is 0 Å². The molecule has 0 bridgehead atoms. The zero-order valence-electron chi connectivity index (χ0n) is 19.4. The number of fused-ring (bicyclic) bond motifs is 1. The Morgan fingerprint density at radius 3 is 2.30 bits per heavy atom. The van der Waals surface area contributed by atoms with Crippen molar-refractivity contribution in [2.24, 2.45) is 7.05 Å². The molecule has 0 fully saturated rings. The molecule has 33 heavy (non-hydrogen) atoms. The molecule has 0 saturated carbocycles. The van der Waals surface area contributed by atoms with Gasteiger partial charge in [-0.2, -0.15) is 0 Å². The van der Waals surface area contributed by atoms with E-state index in [9.17, 15) is 9.59 Å². The third-order valence-corrected chi connectivity index (χ3v) is 6.38. The van der Waals surface area contributed by atoms with E-state index in [1.54, 1.807) is 7.11 Å². The second-order valence-electron chi connectivity index (χ2n) is 8.47. The Kier molecular flexibility index (Phi) is 8.95. The molecule has 0 amide bonds. The largest absolute Gasteiger partial charge is 0.497 e. The highest BCUT2D eigenvalue weighted by Crippen LogP contribution is 2.31. The molecule has 0 spiro atoms. The molecule has 0 atom stereocenters. The van der Waals surface area contributed by atoms with Crippen LogP contribution in [-0.4, -0.2) is 28.5 Å². The molecule has 0 aliphatic heterocycles. The maximum atomic E-state index is 13.1. The molecule has 0 radical (unpaired) electrons. The van der Waals surface area contributed by atoms with Gasteiger partial charge in [0.1, 0.15) is 5.75 Å². The third-order valence-electron chi connectivity index (χ3n) is 6.14. The molecule has 3 rings (SSSR count). The van der Waals surface area contributed by atoms with Gasteiger partial charge in [0.15, 0.2) is 5.78 Å². The highest BCUT2D eigenvalue weighted by molar-refractivity contribution is 6.31. The molecule has 0 aliphatic carbocycles. The average molecular weight is 470 g/mol. The van der Waals surface area contributed by atoms with Crippen LogP contribution in [-0.2, 0) is 24.7 Å². The van der Waals surface area contributed by atoms with Crippen molar-refractivity contribution in [1.29, 1.82) is 0 Å². The highest BCUT2D eigenvalue weighted by atomic mass is 35.5. The first-order chi connectivity index (χ1) is 15.9. The van der Waals surface area contributed by atoms with Crippen LogP contribution in [0.1, 0.15) is 66.6 Å². The van der Waals surface area contributed by atoms with Crippen molar-refractivity contribution in [3.05, 3.63) is 64.3 Å². The Morgan fingerprint density at radius 2 is 1.64 bits per heavy atom. The zero-order valence-corrected chi connectivity index (χ0v) is 20.2. The van der Waals surface area contributed by atoms with Crippen molar-refractivity contribution in [2.75, 3.05) is 7.11 Å². The molecular weight excluding hydrogens is 438 g/mol. The number of hydrogen-bond acceptors (Lipinski definition) is 3. The van der Waals surface area contributed by atoms with E-state index in [4.69, 9.17) is 21.4 Å². The van der Waals surface area contributed by atoms with Crippen LogP contribution in [0.5, 0.6) is 5.75 Å². The maximum absolute atomic E-state index is 13.1. The molecule has 176 valence electrons. The molecule has 3 aromatic rings. The molecule has 1 heterocycles. The summed E-state index contributed by atoms with van der Waals surface area (Å²) in [5.41, 5.74) is 4.02. The van der Waals surface area contributed by atoms with Crippen LogP contribution >= 0.6 is 11.6 Å². The monoisotopic (exact) mass is 469 g/mol. The minimum atomic E-state index is -0.876. The van der Waals surface area contributed by atoms with Gasteiger partial charge in [-0.1, -0.05) is 36.6 Å². The Labute approximate surface area is 200 Å². The fraction of sp³-hybridized carbons (Fsp3) is 0.407. The number of aliphatic carboxylic acids is 1. The summed E-state index contributed by atoms with van der Waals surface area (Å²) in [7, 11) is 3.66. The van der Waals surface area contributed by atoms with Crippen LogP contribution in [0.25, 0.3) is 10.9 Å². The first-order valence-electron chi connectivity index (χ1n) is 11.6. The van der Waals surface area contributed by atoms with Gasteiger partial charge >= 0.3 is 5.97 Å². The van der Waals surface area contributed by atoms with E-state index < -0.39 is 5.97 Å². The number of unbranched alkanes of at least 4 members (excludes halogenated alkanes) is 3. The zero-order chi connectivity index (χ0) is 23.8. The summed E-state index contributed by atoms with van der Waals surface area (Å²) >= 11 is 6.23. The van der Waals surface area contributed by atoms with Gasteiger partial charge in [-0.05, 0) is 68.0 Å². The Balaban J connectivity index is 1.61. The number of ether oxygens (including phenoxy) is 1. The molecule has 1 aromatic heterocycles. The number of Topliss-reactive ketones (excluding diaryl/α,β-unsaturated/α-hetero) is 1. The van der Waals surface area contributed by atoms with Gasteiger partial charge in [0.25, 0.3) is 0 Å². The summed E-state index contributed by atoms with van der Waals surface area (Å²) in [6.07, 6.45) is 6.77. The van der Waals surface area contributed by atoms with E-state index in [-0.39, 0.29) is 18.6 Å². The Hall–Kier alpha value is -2.79. The summed E-state index contributed by atoms with van der Waals surface area (Å²) in [6, 6.07) is 13.9. The Morgan fingerprint density at radius 1 is 0.939 bits per heavy atom. The number of hydrogen-bond donors (Lipinski definition) is 1. The normalized spacial score (nSPS) is 11.1. The lowest BCUT2D eigenvalue weighted by Crippen LogP contribution is -2.07. The van der Waals surface area contributed by atoms with Gasteiger partial charge in [-0.15, -0.1) is 0 Å². The van der Waals surface area contributed by atoms with E-state index in [0.717, 1.165) is 60.9 Å². The van der Waals surface area contributed by atoms with Gasteiger partial charge in [0.05, 0.1) is 7.11 Å². The third kappa shape index (κ3) is 6.61. The maximum Gasteiger partial charge on any atom is 0.303 e. The number of benzene rings is 2. The highest BCUT2D eigenvalue weighted by Gasteiger charge is 2.21. The molecule has 2 aromatic carbocycles. The fourth-order valence-corrected chi connectivity index (χ4v) is 4.54. The van der Waals surface area contributed by atoms with E-state index in [0.29, 0.717) is 17.0 Å². The molecule has 5 nitrogen and oxygen atoms in total. The number of nitrogens with zero attached hydrogens (tertiary/aromatic N) is 1. The minimum Gasteiger partial charge on any atom is -0.497 e. The second-order valence-corrected chi connectivity index (χ2v) is 8.91. The molecular formula is C27H32ClNO4. The fourth-order valence-electron chi connectivity index (χ4n) is 4.37. The molecule has 0 aliphatic rings. The van der Waals surface area contributed by atoms with Crippen molar-refractivity contribution in [1.82, 2.24) is 4.57 Å². The van der Waals surface area contributed by atoms with Crippen LogP contribution in [0.4, 0.5) is 0 Å². The lowest BCUT2D eigenvalue weighted by Gasteiger charge is -2.08. The minimum absolute atomic E-state index is 0.000785. The second kappa shape index (κ2) is 11.9. The SMILES string of the molecule is COc1ccc(CCCCCCc2c(C(=O)CCCC(=O)O)c3cc(Cl)ccc3n2C)cc1. The number of aromatic nitrogens is 1. The number of ketones is 1. The standard InChI is InChI=1S/C27H32ClNO4/c1-29-23-17-14-20(28)18-22(23)27(25(30)10-7-11-26(31)32)24(29)9-6-4-3-5-8-19-12-15-21(33-2)16-13-19/h12-18H,3-11H2,1-2H3,(H,31,32). The van der Waals surface area contributed by atoms with Gasteiger partial charge in [-0.3, -0.25) is 9.59 Å². The van der Waals surface area contributed by atoms with Gasteiger partial charge in [-0.25, -0.2) is 0 Å². The first kappa shape index (κ1) is 24.8. The molecule has 1 N–H and O–H groups in total. The number of methoxy groups -OCH3 is 1. The first-order valence-corrected chi connectivity index (χ1v) is 11.9. The summed E-state index contributed by atoms with van der Waals surface area (Å²) < 4.78 is 7.30. The summed E-state index contributed by atoms with van der Waals surface area (Å²) in [6.45, 7) is 0.